The maximum atomic E-state index is 12.4. The number of nitrogens with zero attached hydrogens (tertiary/aromatic N) is 3. The summed E-state index contributed by atoms with van der Waals surface area (Å²) < 4.78 is 0. The lowest BCUT2D eigenvalue weighted by atomic mass is 10.2. The maximum absolute atomic E-state index is 12.4. The first kappa shape index (κ1) is 18.3. The Morgan fingerprint density at radius 1 is 1.00 bits per heavy atom. The van der Waals surface area contributed by atoms with Crippen molar-refractivity contribution in [1.29, 1.82) is 5.26 Å². The second-order valence-corrected chi connectivity index (χ2v) is 6.35. The summed E-state index contributed by atoms with van der Waals surface area (Å²) in [6.45, 7) is 3.26. The van der Waals surface area contributed by atoms with E-state index in [2.05, 4.69) is 22.3 Å². The molecule has 2 aromatic rings. The van der Waals surface area contributed by atoms with Gasteiger partial charge in [0.2, 0.25) is 0 Å². The molecule has 1 fully saturated rings. The number of amides is 1. The van der Waals surface area contributed by atoms with Gasteiger partial charge < -0.3 is 20.9 Å². The number of piperazine rings is 1. The zero-order chi connectivity index (χ0) is 19.1. The van der Waals surface area contributed by atoms with Crippen LogP contribution in [0.3, 0.4) is 0 Å². The molecule has 0 spiro atoms. The highest BCUT2D eigenvalue weighted by Gasteiger charge is 2.22. The number of nitrogens with two attached hydrogens (primary N) is 1. The number of nitriles is 1. The van der Waals surface area contributed by atoms with Gasteiger partial charge in [0.05, 0.1) is 0 Å². The summed E-state index contributed by atoms with van der Waals surface area (Å²) in [5.74, 6) is -0.194. The van der Waals surface area contributed by atoms with Gasteiger partial charge in [-0.25, -0.2) is 0 Å². The molecule has 0 aromatic heterocycles. The quantitative estimate of drug-likeness (QED) is 0.627. The van der Waals surface area contributed by atoms with Crippen LogP contribution in [0.4, 0.5) is 5.69 Å². The van der Waals surface area contributed by atoms with Crippen molar-refractivity contribution in [2.75, 3.05) is 31.1 Å². The fourth-order valence-electron chi connectivity index (χ4n) is 3.09. The van der Waals surface area contributed by atoms with Crippen molar-refractivity contribution in [2.45, 2.75) is 6.54 Å². The summed E-state index contributed by atoms with van der Waals surface area (Å²) in [7, 11) is 0. The molecule has 0 saturated carbocycles. The average Bonchev–Trinajstić information content (AvgIpc) is 2.74. The lowest BCUT2D eigenvalue weighted by Crippen LogP contribution is -2.48. The molecule has 138 valence electrons. The van der Waals surface area contributed by atoms with E-state index in [0.29, 0.717) is 19.6 Å². The largest absolute Gasteiger partial charge is 0.384 e. The van der Waals surface area contributed by atoms with Crippen LogP contribution >= 0.6 is 0 Å². The van der Waals surface area contributed by atoms with Crippen LogP contribution in [0.5, 0.6) is 0 Å². The van der Waals surface area contributed by atoms with Gasteiger partial charge in [0.1, 0.15) is 11.9 Å². The third-order valence-electron chi connectivity index (χ3n) is 4.63. The highest BCUT2D eigenvalue weighted by Crippen LogP contribution is 2.17. The molecule has 0 bridgehead atoms. The van der Waals surface area contributed by atoms with Crippen molar-refractivity contribution in [3.63, 3.8) is 0 Å². The zero-order valence-electron chi connectivity index (χ0n) is 15.1. The van der Waals surface area contributed by atoms with Gasteiger partial charge in [-0.2, -0.15) is 5.26 Å². The molecule has 6 nitrogen and oxygen atoms in total. The van der Waals surface area contributed by atoms with E-state index in [9.17, 15) is 10.1 Å². The van der Waals surface area contributed by atoms with E-state index >= 15 is 0 Å². The van der Waals surface area contributed by atoms with Crippen LogP contribution in [0.25, 0.3) is 0 Å². The molecule has 27 heavy (non-hydrogen) atoms. The first-order valence-electron chi connectivity index (χ1n) is 8.96. The Morgan fingerprint density at radius 3 is 2.19 bits per heavy atom. The Balaban J connectivity index is 1.61. The van der Waals surface area contributed by atoms with Crippen LogP contribution in [0, 0.1) is 11.3 Å². The first-order valence-corrected chi connectivity index (χ1v) is 8.96. The number of hydrogen-bond acceptors (Lipinski definition) is 5. The third kappa shape index (κ3) is 4.59. The van der Waals surface area contributed by atoms with Gasteiger partial charge in [0.25, 0.3) is 5.91 Å². The molecule has 1 heterocycles. The molecule has 0 aliphatic carbocycles. The Bertz CT molecular complexity index is 834. The van der Waals surface area contributed by atoms with Crippen molar-refractivity contribution in [2.24, 2.45) is 5.73 Å². The SMILES string of the molecule is N#C/C(C(=O)NCc1ccccc1)=C(/N)N1CCN(c2ccccc2)CC1. The lowest BCUT2D eigenvalue weighted by Gasteiger charge is -2.37. The number of anilines is 1. The zero-order valence-corrected chi connectivity index (χ0v) is 15.1. The summed E-state index contributed by atoms with van der Waals surface area (Å²) in [6, 6.07) is 21.7. The minimum atomic E-state index is -0.440. The van der Waals surface area contributed by atoms with Crippen LogP contribution in [0.1, 0.15) is 5.56 Å². The molecule has 1 aliphatic rings. The molecule has 3 N–H and O–H groups in total. The molecule has 1 aliphatic heterocycles. The van der Waals surface area contributed by atoms with Crippen molar-refractivity contribution in [3.8, 4) is 6.07 Å². The topological polar surface area (TPSA) is 85.4 Å². The van der Waals surface area contributed by atoms with Gasteiger partial charge in [0, 0.05) is 38.4 Å². The molecule has 0 radical (unpaired) electrons. The van der Waals surface area contributed by atoms with E-state index in [1.807, 2.05) is 59.5 Å². The number of hydrogen-bond donors (Lipinski definition) is 2. The predicted molar refractivity (Wildman–Crippen MR) is 105 cm³/mol. The van der Waals surface area contributed by atoms with Crippen LogP contribution in [0.2, 0.25) is 0 Å². The van der Waals surface area contributed by atoms with Gasteiger partial charge in [-0.15, -0.1) is 0 Å². The van der Waals surface area contributed by atoms with Gasteiger partial charge in [-0.05, 0) is 17.7 Å². The molecular formula is C21H23N5O. The number of rotatable bonds is 5. The number of para-hydroxylation sites is 1. The van der Waals surface area contributed by atoms with Crippen LogP contribution in [-0.4, -0.2) is 37.0 Å². The van der Waals surface area contributed by atoms with Crippen LogP contribution in [-0.2, 0) is 11.3 Å². The molecule has 1 amide bonds. The van der Waals surface area contributed by atoms with Crippen molar-refractivity contribution in [3.05, 3.63) is 77.6 Å². The van der Waals surface area contributed by atoms with Crippen molar-refractivity contribution in [1.82, 2.24) is 10.2 Å². The minimum Gasteiger partial charge on any atom is -0.384 e. The van der Waals surface area contributed by atoms with E-state index in [1.54, 1.807) is 0 Å². The Morgan fingerprint density at radius 2 is 1.59 bits per heavy atom. The maximum Gasteiger partial charge on any atom is 0.265 e. The Kier molecular flexibility index (Phi) is 5.95. The second-order valence-electron chi connectivity index (χ2n) is 6.35. The average molecular weight is 361 g/mol. The highest BCUT2D eigenvalue weighted by molar-refractivity contribution is 5.97. The fraction of sp³-hybridized carbons (Fsp3) is 0.238. The summed E-state index contributed by atoms with van der Waals surface area (Å²) >= 11 is 0. The number of benzene rings is 2. The van der Waals surface area contributed by atoms with Crippen molar-refractivity contribution < 1.29 is 4.79 Å². The third-order valence-corrected chi connectivity index (χ3v) is 4.63. The van der Waals surface area contributed by atoms with E-state index in [1.165, 1.54) is 5.69 Å². The number of nitrogens with one attached hydrogen (secondary N) is 1. The predicted octanol–water partition coefficient (Wildman–Crippen LogP) is 1.82. The molecule has 6 heteroatoms. The van der Waals surface area contributed by atoms with E-state index in [0.717, 1.165) is 18.7 Å². The minimum absolute atomic E-state index is 0.0286. The Hall–Kier alpha value is -3.46. The molecule has 0 unspecified atom stereocenters. The Labute approximate surface area is 159 Å². The van der Waals surface area contributed by atoms with E-state index < -0.39 is 5.91 Å². The first-order chi connectivity index (χ1) is 13.2. The monoisotopic (exact) mass is 361 g/mol. The molecular weight excluding hydrogens is 338 g/mol. The summed E-state index contributed by atoms with van der Waals surface area (Å²) in [6.07, 6.45) is 0. The van der Waals surface area contributed by atoms with Gasteiger partial charge >= 0.3 is 0 Å². The fourth-order valence-corrected chi connectivity index (χ4v) is 3.09. The summed E-state index contributed by atoms with van der Waals surface area (Å²) in [5.41, 5.74) is 8.27. The van der Waals surface area contributed by atoms with Gasteiger partial charge in [-0.3, -0.25) is 4.79 Å². The van der Waals surface area contributed by atoms with Crippen molar-refractivity contribution >= 4 is 11.6 Å². The van der Waals surface area contributed by atoms with Crippen LogP contribution in [0.15, 0.2) is 72.1 Å². The number of carbonyl (C=O) groups excluding carboxylic acids is 1. The summed E-state index contributed by atoms with van der Waals surface area (Å²) in [5, 5.41) is 12.2. The second kappa shape index (κ2) is 8.77. The standard InChI is InChI=1S/C21H23N5O/c22-15-19(21(27)24-16-17-7-3-1-4-8-17)20(23)26-13-11-25(12-14-26)18-9-5-2-6-10-18/h1-10H,11-14,16,23H2,(H,24,27)/b20-19+. The summed E-state index contributed by atoms with van der Waals surface area (Å²) in [4.78, 5) is 16.6. The normalized spacial score (nSPS) is 14.9. The van der Waals surface area contributed by atoms with Crippen LogP contribution < -0.4 is 16.0 Å². The van der Waals surface area contributed by atoms with Gasteiger partial charge in [-0.1, -0.05) is 48.5 Å². The van der Waals surface area contributed by atoms with E-state index in [-0.39, 0.29) is 11.4 Å². The lowest BCUT2D eigenvalue weighted by molar-refractivity contribution is -0.117. The van der Waals surface area contributed by atoms with Gasteiger partial charge in [0.15, 0.2) is 5.57 Å². The number of carbonyl (C=O) groups is 1. The highest BCUT2D eigenvalue weighted by atomic mass is 16.1. The molecule has 3 rings (SSSR count). The molecule has 1 saturated heterocycles. The smallest absolute Gasteiger partial charge is 0.265 e. The molecule has 0 atom stereocenters. The molecule has 2 aromatic carbocycles. The van der Waals surface area contributed by atoms with E-state index in [4.69, 9.17) is 5.73 Å².